The molecule has 0 aliphatic heterocycles. The molecule has 2 aromatic heterocycles. The Hall–Kier alpha value is -2.24. The SMILES string of the molecule is Cc1cnc(C(=O)Nc2cc(C(C)(C)C)nn2C)cn1. The van der Waals surface area contributed by atoms with Crippen molar-refractivity contribution in [1.29, 1.82) is 0 Å². The lowest BCUT2D eigenvalue weighted by molar-refractivity contribution is 0.102. The third kappa shape index (κ3) is 3.01. The first kappa shape index (κ1) is 14.2. The molecule has 2 aromatic rings. The first-order valence-electron chi connectivity index (χ1n) is 6.42. The molecule has 2 rings (SSSR count). The summed E-state index contributed by atoms with van der Waals surface area (Å²) < 4.78 is 1.65. The van der Waals surface area contributed by atoms with Crippen molar-refractivity contribution >= 4 is 11.7 Å². The molecule has 106 valence electrons. The van der Waals surface area contributed by atoms with Crippen molar-refractivity contribution in [1.82, 2.24) is 19.7 Å². The third-order valence-corrected chi connectivity index (χ3v) is 2.90. The Morgan fingerprint density at radius 2 is 1.95 bits per heavy atom. The second kappa shape index (κ2) is 5.03. The molecule has 1 amide bonds. The van der Waals surface area contributed by atoms with E-state index < -0.39 is 0 Å². The van der Waals surface area contributed by atoms with E-state index in [9.17, 15) is 4.79 Å². The zero-order valence-electron chi connectivity index (χ0n) is 12.4. The highest BCUT2D eigenvalue weighted by Crippen LogP contribution is 2.23. The molecule has 0 saturated carbocycles. The molecule has 0 radical (unpaired) electrons. The molecule has 0 aliphatic rings. The fourth-order valence-corrected chi connectivity index (χ4v) is 1.64. The normalized spacial score (nSPS) is 11.4. The van der Waals surface area contributed by atoms with Gasteiger partial charge in [0.25, 0.3) is 5.91 Å². The lowest BCUT2D eigenvalue weighted by atomic mass is 9.92. The summed E-state index contributed by atoms with van der Waals surface area (Å²) in [4.78, 5) is 20.2. The van der Waals surface area contributed by atoms with Crippen LogP contribution in [0, 0.1) is 6.92 Å². The number of hydrogen-bond acceptors (Lipinski definition) is 4. The number of anilines is 1. The van der Waals surface area contributed by atoms with Gasteiger partial charge in [0.2, 0.25) is 0 Å². The Bertz CT molecular complexity index is 622. The molecule has 1 N–H and O–H groups in total. The van der Waals surface area contributed by atoms with Crippen LogP contribution in [0.3, 0.4) is 0 Å². The van der Waals surface area contributed by atoms with Gasteiger partial charge in [0.1, 0.15) is 11.5 Å². The van der Waals surface area contributed by atoms with Gasteiger partial charge in [-0.1, -0.05) is 20.8 Å². The molecule has 0 bridgehead atoms. The van der Waals surface area contributed by atoms with Gasteiger partial charge in [-0.3, -0.25) is 14.5 Å². The number of aromatic nitrogens is 4. The molecule has 20 heavy (non-hydrogen) atoms. The minimum atomic E-state index is -0.291. The van der Waals surface area contributed by atoms with Gasteiger partial charge in [-0.2, -0.15) is 5.10 Å². The van der Waals surface area contributed by atoms with E-state index in [4.69, 9.17) is 0 Å². The molecular weight excluding hydrogens is 254 g/mol. The molecule has 0 aromatic carbocycles. The number of carbonyl (C=O) groups is 1. The number of nitrogens with zero attached hydrogens (tertiary/aromatic N) is 4. The zero-order valence-corrected chi connectivity index (χ0v) is 12.4. The van der Waals surface area contributed by atoms with Crippen LogP contribution in [-0.4, -0.2) is 25.7 Å². The number of aryl methyl sites for hydroxylation is 2. The minimum absolute atomic E-state index is 0.0651. The van der Waals surface area contributed by atoms with Crippen molar-refractivity contribution < 1.29 is 4.79 Å². The largest absolute Gasteiger partial charge is 0.305 e. The van der Waals surface area contributed by atoms with E-state index in [1.807, 2.05) is 13.0 Å². The smallest absolute Gasteiger partial charge is 0.277 e. The summed E-state index contributed by atoms with van der Waals surface area (Å²) in [6.45, 7) is 8.05. The highest BCUT2D eigenvalue weighted by atomic mass is 16.2. The molecule has 0 saturated heterocycles. The molecule has 6 heteroatoms. The molecule has 6 nitrogen and oxygen atoms in total. The Kier molecular flexibility index (Phi) is 3.57. The maximum Gasteiger partial charge on any atom is 0.277 e. The van der Waals surface area contributed by atoms with Crippen LogP contribution in [0.15, 0.2) is 18.5 Å². The average molecular weight is 273 g/mol. The van der Waals surface area contributed by atoms with E-state index in [2.05, 4.69) is 41.2 Å². The fraction of sp³-hybridized carbons (Fsp3) is 0.429. The van der Waals surface area contributed by atoms with Gasteiger partial charge in [0, 0.05) is 24.7 Å². The summed E-state index contributed by atoms with van der Waals surface area (Å²) in [5.74, 6) is 0.350. The molecule has 0 atom stereocenters. The summed E-state index contributed by atoms with van der Waals surface area (Å²) in [5, 5.41) is 7.21. The van der Waals surface area contributed by atoms with E-state index in [1.165, 1.54) is 6.20 Å². The standard InChI is InChI=1S/C14H19N5O/c1-9-7-16-10(8-15-9)13(20)17-12-6-11(14(2,3)4)18-19(12)5/h6-8H,1-5H3,(H,17,20). The van der Waals surface area contributed by atoms with E-state index >= 15 is 0 Å². The minimum Gasteiger partial charge on any atom is -0.305 e. The lowest BCUT2D eigenvalue weighted by Gasteiger charge is -2.13. The molecule has 0 fully saturated rings. The lowest BCUT2D eigenvalue weighted by Crippen LogP contribution is -2.16. The number of nitrogens with one attached hydrogen (secondary N) is 1. The summed E-state index contributed by atoms with van der Waals surface area (Å²) in [6.07, 6.45) is 3.03. The quantitative estimate of drug-likeness (QED) is 0.909. The van der Waals surface area contributed by atoms with Crippen molar-refractivity contribution in [2.75, 3.05) is 5.32 Å². The van der Waals surface area contributed by atoms with Crippen molar-refractivity contribution in [2.45, 2.75) is 33.1 Å². The zero-order chi connectivity index (χ0) is 14.9. The van der Waals surface area contributed by atoms with Crippen LogP contribution in [0.25, 0.3) is 0 Å². The second-order valence-electron chi connectivity index (χ2n) is 5.79. The first-order chi connectivity index (χ1) is 9.27. The van der Waals surface area contributed by atoms with Gasteiger partial charge in [-0.05, 0) is 6.92 Å². The van der Waals surface area contributed by atoms with E-state index in [0.29, 0.717) is 5.82 Å². The Labute approximate surface area is 118 Å². The molecule has 0 aliphatic carbocycles. The molecular formula is C14H19N5O. The summed E-state index contributed by atoms with van der Waals surface area (Å²) in [7, 11) is 1.80. The van der Waals surface area contributed by atoms with Crippen molar-refractivity contribution in [3.8, 4) is 0 Å². The van der Waals surface area contributed by atoms with E-state index in [-0.39, 0.29) is 17.0 Å². The topological polar surface area (TPSA) is 72.7 Å². The van der Waals surface area contributed by atoms with E-state index in [0.717, 1.165) is 11.4 Å². The maximum absolute atomic E-state index is 12.1. The Morgan fingerprint density at radius 1 is 1.25 bits per heavy atom. The van der Waals surface area contributed by atoms with Crippen molar-refractivity contribution in [2.24, 2.45) is 7.05 Å². The van der Waals surface area contributed by atoms with E-state index in [1.54, 1.807) is 17.9 Å². The van der Waals surface area contributed by atoms with Crippen LogP contribution in [0.5, 0.6) is 0 Å². The number of hydrogen-bond donors (Lipinski definition) is 1. The van der Waals surface area contributed by atoms with Crippen LogP contribution in [0.4, 0.5) is 5.82 Å². The van der Waals surface area contributed by atoms with Crippen molar-refractivity contribution in [3.05, 3.63) is 35.5 Å². The van der Waals surface area contributed by atoms with Crippen molar-refractivity contribution in [3.63, 3.8) is 0 Å². The van der Waals surface area contributed by atoms with Crippen LogP contribution in [0.1, 0.15) is 42.6 Å². The number of carbonyl (C=O) groups excluding carboxylic acids is 1. The predicted octanol–water partition coefficient (Wildman–Crippen LogP) is 2.07. The molecule has 0 unspecified atom stereocenters. The summed E-state index contributed by atoms with van der Waals surface area (Å²) in [6, 6.07) is 1.87. The predicted molar refractivity (Wildman–Crippen MR) is 76.6 cm³/mol. The highest BCUT2D eigenvalue weighted by Gasteiger charge is 2.20. The molecule has 0 spiro atoms. The van der Waals surface area contributed by atoms with Gasteiger partial charge in [-0.15, -0.1) is 0 Å². The van der Waals surface area contributed by atoms with Crippen LogP contribution in [0.2, 0.25) is 0 Å². The third-order valence-electron chi connectivity index (χ3n) is 2.90. The van der Waals surface area contributed by atoms with Crippen LogP contribution >= 0.6 is 0 Å². The average Bonchev–Trinajstić information content (AvgIpc) is 2.71. The Balaban J connectivity index is 2.20. The second-order valence-corrected chi connectivity index (χ2v) is 5.79. The highest BCUT2D eigenvalue weighted by molar-refractivity contribution is 6.02. The summed E-state index contributed by atoms with van der Waals surface area (Å²) >= 11 is 0. The van der Waals surface area contributed by atoms with Gasteiger partial charge in [0.15, 0.2) is 0 Å². The fourth-order valence-electron chi connectivity index (χ4n) is 1.64. The number of amides is 1. The van der Waals surface area contributed by atoms with Gasteiger partial charge < -0.3 is 5.32 Å². The summed E-state index contributed by atoms with van der Waals surface area (Å²) in [5.41, 5.74) is 1.92. The van der Waals surface area contributed by atoms with Gasteiger partial charge >= 0.3 is 0 Å². The van der Waals surface area contributed by atoms with Gasteiger partial charge in [0.05, 0.1) is 17.6 Å². The monoisotopic (exact) mass is 273 g/mol. The molecule has 2 heterocycles. The van der Waals surface area contributed by atoms with Crippen LogP contribution in [-0.2, 0) is 12.5 Å². The first-order valence-corrected chi connectivity index (χ1v) is 6.42. The number of rotatable bonds is 2. The maximum atomic E-state index is 12.1. The van der Waals surface area contributed by atoms with Crippen LogP contribution < -0.4 is 5.32 Å². The van der Waals surface area contributed by atoms with Gasteiger partial charge in [-0.25, -0.2) is 4.98 Å². The Morgan fingerprint density at radius 3 is 2.45 bits per heavy atom.